The minimum atomic E-state index is 0.506. The molecule has 0 N–H and O–H groups in total. The van der Waals surface area contributed by atoms with Gasteiger partial charge in [-0.15, -0.1) is 5.10 Å². The Labute approximate surface area is 158 Å². The number of methoxy groups -OCH3 is 1. The molecule has 6 nitrogen and oxygen atoms in total. The second-order valence-electron chi connectivity index (χ2n) is 5.95. The summed E-state index contributed by atoms with van der Waals surface area (Å²) in [5.41, 5.74) is 2.01. The highest BCUT2D eigenvalue weighted by Crippen LogP contribution is 2.35. The summed E-state index contributed by atoms with van der Waals surface area (Å²) in [5, 5.41) is 5.26. The molecule has 1 aliphatic carbocycles. The van der Waals surface area contributed by atoms with Crippen molar-refractivity contribution in [2.75, 3.05) is 18.3 Å². The van der Waals surface area contributed by atoms with E-state index in [1.165, 1.54) is 30.2 Å². The van der Waals surface area contributed by atoms with Crippen LogP contribution in [-0.2, 0) is 6.54 Å². The number of benzene rings is 1. The number of imidazole rings is 1. The Morgan fingerprint density at radius 1 is 1.32 bits per heavy atom. The molecular weight excluding hydrogens is 402 g/mol. The first kappa shape index (κ1) is 16.7. The molecule has 1 saturated carbocycles. The zero-order valence-electron chi connectivity index (χ0n) is 14.0. The summed E-state index contributed by atoms with van der Waals surface area (Å²) >= 11 is 5.05. The zero-order chi connectivity index (χ0) is 17.4. The van der Waals surface area contributed by atoms with E-state index >= 15 is 0 Å². The van der Waals surface area contributed by atoms with Crippen molar-refractivity contribution in [3.05, 3.63) is 40.6 Å². The van der Waals surface area contributed by atoms with E-state index in [0.717, 1.165) is 33.5 Å². The Hall–Kier alpha value is -1.80. The van der Waals surface area contributed by atoms with Crippen LogP contribution in [0.4, 0.5) is 5.82 Å². The van der Waals surface area contributed by atoms with E-state index in [4.69, 9.17) is 9.72 Å². The fourth-order valence-corrected chi connectivity index (χ4v) is 3.48. The van der Waals surface area contributed by atoms with Gasteiger partial charge in [0.2, 0.25) is 5.16 Å². The third-order valence-electron chi connectivity index (χ3n) is 4.24. The van der Waals surface area contributed by atoms with Crippen molar-refractivity contribution in [3.63, 3.8) is 0 Å². The molecule has 0 unspecified atom stereocenters. The number of fused-ring (bicyclic) bond motifs is 1. The van der Waals surface area contributed by atoms with Gasteiger partial charge in [0.05, 0.1) is 13.3 Å². The number of aromatic nitrogens is 4. The van der Waals surface area contributed by atoms with E-state index in [9.17, 15) is 0 Å². The fraction of sp³-hybridized carbons (Fsp3) is 0.353. The Morgan fingerprint density at radius 3 is 2.72 bits per heavy atom. The van der Waals surface area contributed by atoms with Crippen LogP contribution >= 0.6 is 27.7 Å². The smallest absolute Gasteiger partial charge is 0.209 e. The molecule has 0 spiro atoms. The number of hydrogen-bond donors (Lipinski definition) is 0. The predicted molar refractivity (Wildman–Crippen MR) is 102 cm³/mol. The molecule has 1 fully saturated rings. The number of hydrogen-bond acceptors (Lipinski definition) is 6. The zero-order valence-corrected chi connectivity index (χ0v) is 16.4. The molecule has 1 aliphatic rings. The molecule has 0 atom stereocenters. The van der Waals surface area contributed by atoms with Crippen molar-refractivity contribution in [3.8, 4) is 5.75 Å². The summed E-state index contributed by atoms with van der Waals surface area (Å²) in [6, 6.07) is 8.70. The molecule has 130 valence electrons. The van der Waals surface area contributed by atoms with E-state index < -0.39 is 0 Å². The lowest BCUT2D eigenvalue weighted by Crippen LogP contribution is -2.27. The Kier molecular flexibility index (Phi) is 4.56. The molecule has 2 aromatic heterocycles. The Balaban J connectivity index is 1.74. The highest BCUT2D eigenvalue weighted by Gasteiger charge is 2.32. The normalized spacial score (nSPS) is 14.0. The van der Waals surface area contributed by atoms with E-state index in [-0.39, 0.29) is 0 Å². The minimum absolute atomic E-state index is 0.506. The fourth-order valence-electron chi connectivity index (χ4n) is 2.79. The van der Waals surface area contributed by atoms with E-state index in [1.54, 1.807) is 13.3 Å². The maximum Gasteiger partial charge on any atom is 0.209 e. The van der Waals surface area contributed by atoms with Crippen molar-refractivity contribution in [1.29, 1.82) is 0 Å². The molecule has 3 aromatic rings. The van der Waals surface area contributed by atoms with Gasteiger partial charge in [-0.05, 0) is 52.7 Å². The van der Waals surface area contributed by atoms with Crippen molar-refractivity contribution in [2.24, 2.45) is 0 Å². The van der Waals surface area contributed by atoms with Gasteiger partial charge in [0.25, 0.3) is 0 Å². The van der Waals surface area contributed by atoms with E-state index in [1.807, 2.05) is 22.9 Å². The maximum absolute atomic E-state index is 5.25. The lowest BCUT2D eigenvalue weighted by atomic mass is 10.2. The largest absolute Gasteiger partial charge is 0.497 e. The van der Waals surface area contributed by atoms with Crippen molar-refractivity contribution in [2.45, 2.75) is 30.6 Å². The van der Waals surface area contributed by atoms with Gasteiger partial charge >= 0.3 is 0 Å². The number of ether oxygens (including phenoxy) is 1. The number of halogens is 1. The Bertz CT molecular complexity index is 894. The van der Waals surface area contributed by atoms with Crippen LogP contribution in [0.25, 0.3) is 5.65 Å². The maximum atomic E-state index is 5.25. The highest BCUT2D eigenvalue weighted by atomic mass is 79.9. The number of thioether (sulfide) groups is 1. The molecule has 4 rings (SSSR count). The van der Waals surface area contributed by atoms with Crippen LogP contribution in [0, 0.1) is 0 Å². The van der Waals surface area contributed by atoms with Gasteiger partial charge in [0, 0.05) is 12.6 Å². The predicted octanol–water partition coefficient (Wildman–Crippen LogP) is 3.79. The highest BCUT2D eigenvalue weighted by molar-refractivity contribution is 9.10. The van der Waals surface area contributed by atoms with Gasteiger partial charge in [0.1, 0.15) is 10.4 Å². The molecule has 0 bridgehead atoms. The monoisotopic (exact) mass is 419 g/mol. The van der Waals surface area contributed by atoms with Gasteiger partial charge in [0.15, 0.2) is 11.5 Å². The van der Waals surface area contributed by atoms with Gasteiger partial charge < -0.3 is 9.64 Å². The van der Waals surface area contributed by atoms with E-state index in [2.05, 4.69) is 43.0 Å². The van der Waals surface area contributed by atoms with Crippen LogP contribution < -0.4 is 9.64 Å². The summed E-state index contributed by atoms with van der Waals surface area (Å²) in [4.78, 5) is 11.6. The summed E-state index contributed by atoms with van der Waals surface area (Å²) in [5.74, 6) is 1.76. The molecule has 0 amide bonds. The number of rotatable bonds is 6. The average molecular weight is 420 g/mol. The van der Waals surface area contributed by atoms with E-state index in [0.29, 0.717) is 6.04 Å². The third kappa shape index (κ3) is 3.32. The minimum Gasteiger partial charge on any atom is -0.497 e. The first-order valence-corrected chi connectivity index (χ1v) is 10.1. The SMILES string of the molecule is COc1ccc(CN(c2nc(SC)nn3c(Br)cnc23)C2CC2)cc1. The summed E-state index contributed by atoms with van der Waals surface area (Å²) in [7, 11) is 1.68. The van der Waals surface area contributed by atoms with Crippen molar-refractivity contribution >= 4 is 39.2 Å². The molecule has 0 saturated heterocycles. The summed E-state index contributed by atoms with van der Waals surface area (Å²) in [6.45, 7) is 0.791. The lowest BCUT2D eigenvalue weighted by Gasteiger charge is -2.24. The standard InChI is InChI=1S/C17H18BrN5OS/c1-24-13-7-3-11(4-8-13)10-22(12-5-6-12)16-15-19-9-14(18)23(15)21-17(20-16)25-2/h3-4,7-9,12H,5-6,10H2,1-2H3. The van der Waals surface area contributed by atoms with Crippen molar-refractivity contribution in [1.82, 2.24) is 19.6 Å². The first-order chi connectivity index (χ1) is 12.2. The van der Waals surface area contributed by atoms with Gasteiger partial charge in [-0.1, -0.05) is 23.9 Å². The van der Waals surface area contributed by atoms with Gasteiger partial charge in [-0.2, -0.15) is 4.98 Å². The molecule has 0 aliphatic heterocycles. The molecular formula is C17H18BrN5OS. The Morgan fingerprint density at radius 2 is 2.08 bits per heavy atom. The van der Waals surface area contributed by atoms with Crippen LogP contribution in [0.1, 0.15) is 18.4 Å². The molecule has 0 radical (unpaired) electrons. The first-order valence-electron chi connectivity index (χ1n) is 8.04. The lowest BCUT2D eigenvalue weighted by molar-refractivity contribution is 0.414. The summed E-state index contributed by atoms with van der Waals surface area (Å²) in [6.07, 6.45) is 6.13. The van der Waals surface area contributed by atoms with Crippen LogP contribution in [0.2, 0.25) is 0 Å². The third-order valence-corrected chi connectivity index (χ3v) is 5.32. The number of anilines is 1. The van der Waals surface area contributed by atoms with Crippen LogP contribution in [0.5, 0.6) is 5.75 Å². The number of nitrogens with zero attached hydrogens (tertiary/aromatic N) is 5. The molecule has 2 heterocycles. The van der Waals surface area contributed by atoms with Crippen molar-refractivity contribution < 1.29 is 4.74 Å². The van der Waals surface area contributed by atoms with Crippen LogP contribution in [0.3, 0.4) is 0 Å². The van der Waals surface area contributed by atoms with Crippen LogP contribution in [0.15, 0.2) is 40.2 Å². The average Bonchev–Trinajstić information content (AvgIpc) is 3.43. The quantitative estimate of drug-likeness (QED) is 0.566. The molecule has 8 heteroatoms. The second-order valence-corrected chi connectivity index (χ2v) is 7.53. The molecule has 25 heavy (non-hydrogen) atoms. The van der Waals surface area contributed by atoms with Gasteiger partial charge in [-0.3, -0.25) is 0 Å². The van der Waals surface area contributed by atoms with Crippen LogP contribution in [-0.4, -0.2) is 39.0 Å². The topological polar surface area (TPSA) is 55.5 Å². The van der Waals surface area contributed by atoms with Gasteiger partial charge in [-0.25, -0.2) is 9.50 Å². The second kappa shape index (κ2) is 6.84. The molecule has 1 aromatic carbocycles. The summed E-state index contributed by atoms with van der Waals surface area (Å²) < 4.78 is 7.91.